The van der Waals surface area contributed by atoms with Crippen molar-refractivity contribution >= 4 is 21.4 Å². The van der Waals surface area contributed by atoms with Gasteiger partial charge in [-0.1, -0.05) is 47.6 Å². The van der Waals surface area contributed by atoms with E-state index in [4.69, 9.17) is 14.0 Å². The van der Waals surface area contributed by atoms with Crippen molar-refractivity contribution < 1.29 is 22.4 Å². The number of aryl methyl sites for hydroxylation is 1. The van der Waals surface area contributed by atoms with Crippen molar-refractivity contribution in [3.63, 3.8) is 0 Å². The molecule has 1 aliphatic heterocycles. The lowest BCUT2D eigenvalue weighted by molar-refractivity contribution is 0.0798. The first-order chi connectivity index (χ1) is 15.9. The topological polar surface area (TPSA) is 94.8 Å². The van der Waals surface area contributed by atoms with Crippen LogP contribution in [0.15, 0.2) is 70.1 Å². The normalized spacial score (nSPS) is 15.7. The summed E-state index contributed by atoms with van der Waals surface area (Å²) in [6.07, 6.45) is -0.414. The number of benzene rings is 2. The molecular formula is C23H21N3O5S2. The molecule has 0 bridgehead atoms. The van der Waals surface area contributed by atoms with E-state index in [-0.39, 0.29) is 23.9 Å². The largest absolute Gasteiger partial charge is 0.486 e. The zero-order valence-electron chi connectivity index (χ0n) is 18.0. The molecule has 0 saturated carbocycles. The molecule has 4 aromatic rings. The molecule has 0 spiro atoms. The lowest BCUT2D eigenvalue weighted by atomic mass is 10.2. The van der Waals surface area contributed by atoms with E-state index >= 15 is 0 Å². The lowest BCUT2D eigenvalue weighted by Gasteiger charge is -2.29. The van der Waals surface area contributed by atoms with Crippen LogP contribution in [0, 0.1) is 6.92 Å². The summed E-state index contributed by atoms with van der Waals surface area (Å²) in [5, 5.41) is 4.03. The summed E-state index contributed by atoms with van der Waals surface area (Å²) in [6.45, 7) is 2.19. The van der Waals surface area contributed by atoms with Gasteiger partial charge in [0, 0.05) is 17.5 Å². The molecule has 2 aromatic heterocycles. The quantitative estimate of drug-likeness (QED) is 0.405. The van der Waals surface area contributed by atoms with Crippen LogP contribution in [-0.2, 0) is 10.0 Å². The van der Waals surface area contributed by atoms with Crippen molar-refractivity contribution in [2.24, 2.45) is 0 Å². The molecule has 0 radical (unpaired) electrons. The molecule has 2 aromatic carbocycles. The Kier molecular flexibility index (Phi) is 5.65. The van der Waals surface area contributed by atoms with Crippen molar-refractivity contribution in [2.75, 3.05) is 20.2 Å². The molecule has 3 heterocycles. The Labute approximate surface area is 195 Å². The van der Waals surface area contributed by atoms with E-state index in [1.807, 2.05) is 48.5 Å². The fraction of sp³-hybridized carbons (Fsp3) is 0.217. The van der Waals surface area contributed by atoms with Gasteiger partial charge in [0.25, 0.3) is 5.89 Å². The number of hydrogen-bond acceptors (Lipinski definition) is 8. The number of aromatic nitrogens is 2. The van der Waals surface area contributed by atoms with Crippen LogP contribution in [0.1, 0.15) is 4.88 Å². The van der Waals surface area contributed by atoms with Crippen LogP contribution in [0.2, 0.25) is 0 Å². The highest BCUT2D eigenvalue weighted by Crippen LogP contribution is 2.35. The first-order valence-electron chi connectivity index (χ1n) is 10.3. The number of ether oxygens (including phenoxy) is 2. The van der Waals surface area contributed by atoms with Gasteiger partial charge in [0.1, 0.15) is 12.7 Å². The number of nitrogens with zero attached hydrogens (tertiary/aromatic N) is 3. The number of para-hydroxylation sites is 2. The third kappa shape index (κ3) is 4.24. The molecule has 1 unspecified atom stereocenters. The number of rotatable bonds is 6. The Balaban J connectivity index is 1.34. The van der Waals surface area contributed by atoms with E-state index in [0.29, 0.717) is 27.1 Å². The van der Waals surface area contributed by atoms with E-state index < -0.39 is 16.1 Å². The summed E-state index contributed by atoms with van der Waals surface area (Å²) >= 11 is 1.30. The van der Waals surface area contributed by atoms with E-state index in [1.54, 1.807) is 19.1 Å². The highest BCUT2D eigenvalue weighted by Gasteiger charge is 2.30. The maximum atomic E-state index is 13.3. The van der Waals surface area contributed by atoms with Gasteiger partial charge in [-0.3, -0.25) is 0 Å². The van der Waals surface area contributed by atoms with Gasteiger partial charge in [-0.15, -0.1) is 11.3 Å². The zero-order chi connectivity index (χ0) is 23.0. The summed E-state index contributed by atoms with van der Waals surface area (Å²) < 4.78 is 44.9. The number of likely N-dealkylation sites (N-methyl/N-ethyl adjacent to an activating group) is 1. The Morgan fingerprint density at radius 3 is 2.61 bits per heavy atom. The predicted octanol–water partition coefficient (Wildman–Crippen LogP) is 4.23. The van der Waals surface area contributed by atoms with Crippen molar-refractivity contribution in [2.45, 2.75) is 17.9 Å². The van der Waals surface area contributed by atoms with Crippen molar-refractivity contribution in [3.05, 3.63) is 65.5 Å². The molecule has 0 N–H and O–H groups in total. The maximum absolute atomic E-state index is 13.3. The molecule has 33 heavy (non-hydrogen) atoms. The van der Waals surface area contributed by atoms with Gasteiger partial charge in [0.05, 0.1) is 16.3 Å². The molecule has 10 heteroatoms. The molecule has 0 amide bonds. The van der Waals surface area contributed by atoms with E-state index in [9.17, 15) is 8.42 Å². The summed E-state index contributed by atoms with van der Waals surface area (Å²) in [5.74, 6) is 2.01. The zero-order valence-corrected chi connectivity index (χ0v) is 19.6. The molecule has 170 valence electrons. The highest BCUT2D eigenvalue weighted by molar-refractivity contribution is 7.89. The Bertz CT molecular complexity index is 1380. The Morgan fingerprint density at radius 1 is 1.09 bits per heavy atom. The SMILES string of the molecule is Cc1sc(-c2nc(-c3ccccc3)no2)cc1S(=O)(=O)N(C)CC1COc2ccccc2O1. The van der Waals surface area contributed by atoms with Gasteiger partial charge in [-0.2, -0.15) is 9.29 Å². The fourth-order valence-electron chi connectivity index (χ4n) is 3.56. The lowest BCUT2D eigenvalue weighted by Crippen LogP contribution is -2.41. The highest BCUT2D eigenvalue weighted by atomic mass is 32.2. The molecule has 0 fully saturated rings. The van der Waals surface area contributed by atoms with Crippen LogP contribution in [0.3, 0.4) is 0 Å². The van der Waals surface area contributed by atoms with Crippen LogP contribution in [0.25, 0.3) is 22.2 Å². The summed E-state index contributed by atoms with van der Waals surface area (Å²) in [4.78, 5) is 5.88. The van der Waals surface area contributed by atoms with Gasteiger partial charge >= 0.3 is 0 Å². The van der Waals surface area contributed by atoms with Gasteiger partial charge in [-0.25, -0.2) is 8.42 Å². The molecule has 5 rings (SSSR count). The van der Waals surface area contributed by atoms with Gasteiger partial charge in [0.2, 0.25) is 15.8 Å². The Hall–Kier alpha value is -3.21. The van der Waals surface area contributed by atoms with Crippen LogP contribution in [-0.4, -0.2) is 49.2 Å². The van der Waals surface area contributed by atoms with Gasteiger partial charge in [-0.05, 0) is 25.1 Å². The minimum absolute atomic E-state index is 0.153. The fourth-order valence-corrected chi connectivity index (χ4v) is 6.24. The molecule has 0 aliphatic carbocycles. The van der Waals surface area contributed by atoms with Crippen molar-refractivity contribution in [1.29, 1.82) is 0 Å². The smallest absolute Gasteiger partial charge is 0.268 e. The molecule has 1 atom stereocenters. The summed E-state index contributed by atoms with van der Waals surface area (Å²) in [5.41, 5.74) is 0.824. The van der Waals surface area contributed by atoms with E-state index in [1.165, 1.54) is 22.7 Å². The first kappa shape index (κ1) is 21.6. The minimum Gasteiger partial charge on any atom is -0.486 e. The average molecular weight is 484 g/mol. The van der Waals surface area contributed by atoms with Gasteiger partial charge < -0.3 is 14.0 Å². The molecular weight excluding hydrogens is 462 g/mol. The number of thiophene rings is 1. The second kappa shape index (κ2) is 8.62. The summed E-state index contributed by atoms with van der Waals surface area (Å²) in [7, 11) is -2.22. The molecule has 8 nitrogen and oxygen atoms in total. The first-order valence-corrected chi connectivity index (χ1v) is 12.5. The standard InChI is InChI=1S/C23H21N3O5S2/c1-15-21(12-20(32-15)23-24-22(25-31-23)16-8-4-3-5-9-16)33(27,28)26(2)13-17-14-29-18-10-6-7-11-19(18)30-17/h3-12,17H,13-14H2,1-2H3. The number of sulfonamides is 1. The van der Waals surface area contributed by atoms with Gasteiger partial charge in [0.15, 0.2) is 11.5 Å². The van der Waals surface area contributed by atoms with Crippen LogP contribution < -0.4 is 9.47 Å². The van der Waals surface area contributed by atoms with Crippen LogP contribution >= 0.6 is 11.3 Å². The Morgan fingerprint density at radius 2 is 1.82 bits per heavy atom. The number of fused-ring (bicyclic) bond motifs is 1. The monoisotopic (exact) mass is 483 g/mol. The third-order valence-electron chi connectivity index (χ3n) is 5.26. The second-order valence-corrected chi connectivity index (χ2v) is 10.9. The summed E-state index contributed by atoms with van der Waals surface area (Å²) in [6, 6.07) is 18.4. The molecule has 0 saturated heterocycles. The van der Waals surface area contributed by atoms with E-state index in [0.717, 1.165) is 5.56 Å². The van der Waals surface area contributed by atoms with Crippen LogP contribution in [0.4, 0.5) is 0 Å². The predicted molar refractivity (Wildman–Crippen MR) is 124 cm³/mol. The third-order valence-corrected chi connectivity index (χ3v) is 8.37. The number of hydrogen-bond donors (Lipinski definition) is 0. The maximum Gasteiger partial charge on any atom is 0.268 e. The second-order valence-electron chi connectivity index (χ2n) is 7.60. The van der Waals surface area contributed by atoms with Crippen molar-refractivity contribution in [3.8, 4) is 33.7 Å². The molecule has 1 aliphatic rings. The van der Waals surface area contributed by atoms with Crippen molar-refractivity contribution in [1.82, 2.24) is 14.4 Å². The average Bonchev–Trinajstić information content (AvgIpc) is 3.47. The minimum atomic E-state index is -3.76. The van der Waals surface area contributed by atoms with E-state index in [2.05, 4.69) is 10.1 Å². The van der Waals surface area contributed by atoms with Crippen LogP contribution in [0.5, 0.6) is 11.5 Å².